The van der Waals surface area contributed by atoms with Gasteiger partial charge in [0.25, 0.3) is 0 Å². The highest BCUT2D eigenvalue weighted by molar-refractivity contribution is 6.42. The molecule has 1 aromatic rings. The van der Waals surface area contributed by atoms with Crippen molar-refractivity contribution in [3.8, 4) is 0 Å². The number of likely N-dealkylation sites (tertiary alicyclic amines) is 1. The number of carbonyl (C=O) groups is 4. The molecule has 0 bridgehead atoms. The molecule has 3 aliphatic heterocycles. The van der Waals surface area contributed by atoms with Crippen molar-refractivity contribution in [1.82, 2.24) is 15.3 Å². The Morgan fingerprint density at radius 1 is 1.21 bits per heavy atom. The fourth-order valence-electron chi connectivity index (χ4n) is 4.44. The maximum atomic E-state index is 13.6. The summed E-state index contributed by atoms with van der Waals surface area (Å²) in [6.07, 6.45) is 0.784. The molecule has 0 aliphatic carbocycles. The monoisotopic (exact) mass is 509 g/mol. The summed E-state index contributed by atoms with van der Waals surface area (Å²) in [4.78, 5) is 58.6. The minimum Gasteiger partial charge on any atom is -0.439 e. The Kier molecular flexibility index (Phi) is 7.69. The van der Waals surface area contributed by atoms with Gasteiger partial charge in [0.2, 0.25) is 0 Å². The number of rotatable bonds is 6. The summed E-state index contributed by atoms with van der Waals surface area (Å²) in [7, 11) is 0. The SMILES string of the molecule is CC(=O)C1CCN(C(C(=O)Cc2ccc(Cl)c(Cl)c2)/C2=C/C(=O)OC3CNCCN3OC2=O)C1. The zero-order chi connectivity index (χ0) is 24.4. The number of esters is 1. The third-order valence-electron chi connectivity index (χ3n) is 6.23. The molecule has 4 rings (SSSR count). The Labute approximate surface area is 206 Å². The molecule has 1 N–H and O–H groups in total. The first-order chi connectivity index (χ1) is 16.2. The second-order valence-electron chi connectivity index (χ2n) is 8.60. The number of nitrogens with one attached hydrogen (secondary N) is 1. The molecular formula is C23H25Cl2N3O6. The molecule has 2 saturated heterocycles. The van der Waals surface area contributed by atoms with E-state index in [1.807, 2.05) is 0 Å². The van der Waals surface area contributed by atoms with Gasteiger partial charge in [0.15, 0.2) is 12.0 Å². The molecule has 0 radical (unpaired) electrons. The summed E-state index contributed by atoms with van der Waals surface area (Å²) in [6, 6.07) is 3.77. The Morgan fingerprint density at radius 3 is 2.71 bits per heavy atom. The molecule has 2 fully saturated rings. The minimum atomic E-state index is -1.08. The third kappa shape index (κ3) is 5.50. The molecule has 3 unspecified atom stereocenters. The van der Waals surface area contributed by atoms with Crippen molar-refractivity contribution in [2.45, 2.75) is 32.0 Å². The molecule has 0 saturated carbocycles. The lowest BCUT2D eigenvalue weighted by molar-refractivity contribution is -0.244. The molecule has 182 valence electrons. The van der Waals surface area contributed by atoms with Crippen LogP contribution in [0.4, 0.5) is 0 Å². The number of halogens is 2. The lowest BCUT2D eigenvalue weighted by Gasteiger charge is -2.36. The van der Waals surface area contributed by atoms with Gasteiger partial charge >= 0.3 is 11.9 Å². The molecule has 0 aromatic heterocycles. The van der Waals surface area contributed by atoms with Crippen molar-refractivity contribution in [3.05, 3.63) is 45.5 Å². The van der Waals surface area contributed by atoms with Crippen molar-refractivity contribution in [2.24, 2.45) is 5.92 Å². The predicted octanol–water partition coefficient (Wildman–Crippen LogP) is 1.56. The summed E-state index contributed by atoms with van der Waals surface area (Å²) in [5, 5.41) is 5.05. The number of benzene rings is 1. The van der Waals surface area contributed by atoms with Crippen LogP contribution in [0.15, 0.2) is 29.8 Å². The van der Waals surface area contributed by atoms with Crippen LogP contribution in [0, 0.1) is 5.92 Å². The highest BCUT2D eigenvalue weighted by atomic mass is 35.5. The van der Waals surface area contributed by atoms with Gasteiger partial charge in [0.05, 0.1) is 22.2 Å². The average molecular weight is 510 g/mol. The summed E-state index contributed by atoms with van der Waals surface area (Å²) in [6.45, 7) is 3.41. The van der Waals surface area contributed by atoms with Crippen LogP contribution >= 0.6 is 23.2 Å². The quantitative estimate of drug-likeness (QED) is 0.571. The smallest absolute Gasteiger partial charge is 0.355 e. The second-order valence-corrected chi connectivity index (χ2v) is 9.41. The zero-order valence-electron chi connectivity index (χ0n) is 18.6. The zero-order valence-corrected chi connectivity index (χ0v) is 20.1. The normalized spacial score (nSPS) is 26.4. The summed E-state index contributed by atoms with van der Waals surface area (Å²) in [5.41, 5.74) is 0.493. The van der Waals surface area contributed by atoms with Crippen molar-refractivity contribution in [3.63, 3.8) is 0 Å². The topological polar surface area (TPSA) is 105 Å². The third-order valence-corrected chi connectivity index (χ3v) is 6.97. The number of hydroxylamine groups is 2. The first kappa shape index (κ1) is 24.8. The molecule has 9 nitrogen and oxygen atoms in total. The number of carbonyl (C=O) groups excluding carboxylic acids is 4. The van der Waals surface area contributed by atoms with E-state index in [0.29, 0.717) is 54.8 Å². The van der Waals surface area contributed by atoms with Crippen molar-refractivity contribution >= 4 is 46.7 Å². The Balaban J connectivity index is 1.66. The van der Waals surface area contributed by atoms with E-state index in [1.165, 1.54) is 12.0 Å². The van der Waals surface area contributed by atoms with Crippen LogP contribution in [-0.4, -0.2) is 78.5 Å². The van der Waals surface area contributed by atoms with E-state index in [2.05, 4.69) is 5.32 Å². The molecule has 0 amide bonds. The molecule has 34 heavy (non-hydrogen) atoms. The van der Waals surface area contributed by atoms with Gasteiger partial charge in [-0.2, -0.15) is 0 Å². The molecule has 1 aromatic carbocycles. The number of Topliss-reactive ketones (excluding diaryl/α,β-unsaturated/α-hetero) is 2. The fourth-order valence-corrected chi connectivity index (χ4v) is 4.76. The Morgan fingerprint density at radius 2 is 2.00 bits per heavy atom. The molecule has 3 atom stereocenters. The van der Waals surface area contributed by atoms with Crippen LogP contribution in [-0.2, 0) is 35.2 Å². The number of piperazine rings is 1. The standard InChI is InChI=1S/C23H25Cl2N3O6/c1-13(29)15-4-6-27(12-15)22(19(30)9-14-2-3-17(24)18(25)8-14)16-10-21(31)33-20-11-26-5-7-28(20)34-23(16)32/h2-3,8,10,15,20,22,26H,4-7,9,11-12H2,1H3/b16-10-. The van der Waals surface area contributed by atoms with Gasteiger partial charge < -0.3 is 14.9 Å². The van der Waals surface area contributed by atoms with Gasteiger partial charge in [-0.1, -0.05) is 34.3 Å². The van der Waals surface area contributed by atoms with Crippen molar-refractivity contribution < 1.29 is 28.8 Å². The lowest BCUT2D eigenvalue weighted by atomic mass is 9.95. The number of fused-ring (bicyclic) bond motifs is 1. The maximum Gasteiger partial charge on any atom is 0.355 e. The van der Waals surface area contributed by atoms with Crippen LogP contribution in [0.2, 0.25) is 10.0 Å². The van der Waals surface area contributed by atoms with E-state index in [-0.39, 0.29) is 29.5 Å². The van der Waals surface area contributed by atoms with E-state index >= 15 is 0 Å². The predicted molar refractivity (Wildman–Crippen MR) is 123 cm³/mol. The number of hydrogen-bond donors (Lipinski definition) is 1. The van der Waals surface area contributed by atoms with Gasteiger partial charge in [-0.05, 0) is 37.6 Å². The number of hydrogen-bond acceptors (Lipinski definition) is 9. The van der Waals surface area contributed by atoms with Gasteiger partial charge in [-0.3, -0.25) is 14.5 Å². The van der Waals surface area contributed by atoms with Gasteiger partial charge in [-0.25, -0.2) is 9.59 Å². The summed E-state index contributed by atoms with van der Waals surface area (Å²) < 4.78 is 5.43. The fraction of sp³-hybridized carbons (Fsp3) is 0.478. The van der Waals surface area contributed by atoms with E-state index < -0.39 is 24.2 Å². The number of nitrogens with zero attached hydrogens (tertiary/aromatic N) is 2. The highest BCUT2D eigenvalue weighted by Gasteiger charge is 2.42. The van der Waals surface area contributed by atoms with Crippen molar-refractivity contribution in [1.29, 1.82) is 0 Å². The van der Waals surface area contributed by atoms with Crippen LogP contribution in [0.1, 0.15) is 18.9 Å². The average Bonchev–Trinajstić information content (AvgIpc) is 3.26. The first-order valence-electron chi connectivity index (χ1n) is 11.1. The van der Waals surface area contributed by atoms with Crippen LogP contribution in [0.25, 0.3) is 0 Å². The Bertz CT molecular complexity index is 1050. The highest BCUT2D eigenvalue weighted by Crippen LogP contribution is 2.28. The minimum absolute atomic E-state index is 0.00970. The van der Waals surface area contributed by atoms with Crippen molar-refractivity contribution in [2.75, 3.05) is 32.7 Å². The van der Waals surface area contributed by atoms with Gasteiger partial charge in [0, 0.05) is 38.0 Å². The lowest BCUT2D eigenvalue weighted by Crippen LogP contribution is -2.55. The second kappa shape index (κ2) is 10.5. The number of ether oxygens (including phenoxy) is 1. The molecule has 11 heteroatoms. The van der Waals surface area contributed by atoms with E-state index in [9.17, 15) is 19.2 Å². The molecule has 3 heterocycles. The maximum absolute atomic E-state index is 13.6. The number of ketones is 2. The molecular weight excluding hydrogens is 485 g/mol. The van der Waals surface area contributed by atoms with Crippen LogP contribution in [0.5, 0.6) is 0 Å². The van der Waals surface area contributed by atoms with Gasteiger partial charge in [-0.15, -0.1) is 0 Å². The van der Waals surface area contributed by atoms with E-state index in [1.54, 1.807) is 23.1 Å². The van der Waals surface area contributed by atoms with Gasteiger partial charge in [0.1, 0.15) is 11.8 Å². The molecule has 3 aliphatic rings. The summed E-state index contributed by atoms with van der Waals surface area (Å²) in [5.74, 6) is -2.11. The van der Waals surface area contributed by atoms with E-state index in [4.69, 9.17) is 32.8 Å². The largest absolute Gasteiger partial charge is 0.439 e. The van der Waals surface area contributed by atoms with Crippen LogP contribution in [0.3, 0.4) is 0 Å². The van der Waals surface area contributed by atoms with Crippen LogP contribution < -0.4 is 5.32 Å². The summed E-state index contributed by atoms with van der Waals surface area (Å²) >= 11 is 12.1. The molecule has 0 spiro atoms. The Hall–Kier alpha value is -2.30. The van der Waals surface area contributed by atoms with E-state index in [0.717, 1.165) is 6.08 Å². The first-order valence-corrected chi connectivity index (χ1v) is 11.8.